The van der Waals surface area contributed by atoms with E-state index < -0.39 is 20.7 Å². The van der Waals surface area contributed by atoms with Crippen LogP contribution >= 0.6 is 11.6 Å². The van der Waals surface area contributed by atoms with Gasteiger partial charge < -0.3 is 20.2 Å². The molecule has 0 aliphatic carbocycles. The molecule has 184 valence electrons. The smallest absolute Gasteiger partial charge is 0.317 e. The summed E-state index contributed by atoms with van der Waals surface area (Å²) >= 11 is 5.98. The molecule has 1 atom stereocenters. The molecular weight excluding hydrogens is 474 g/mol. The Labute approximate surface area is 206 Å². The SMILES string of the molecule is O=C(NCCN1CCC(O)(c2ccccc2)CC1)N1CCCC(S(=O)(=O)c2cccc(Cl)c2)C1. The Balaban J connectivity index is 1.24. The molecule has 2 aliphatic heterocycles. The van der Waals surface area contributed by atoms with Gasteiger partial charge in [-0.05, 0) is 49.4 Å². The minimum Gasteiger partial charge on any atom is -0.385 e. The van der Waals surface area contributed by atoms with Gasteiger partial charge >= 0.3 is 6.03 Å². The summed E-state index contributed by atoms with van der Waals surface area (Å²) in [7, 11) is -3.56. The van der Waals surface area contributed by atoms with Gasteiger partial charge in [-0.2, -0.15) is 0 Å². The molecule has 9 heteroatoms. The van der Waals surface area contributed by atoms with Crippen LogP contribution in [0, 0.1) is 0 Å². The molecule has 2 saturated heterocycles. The summed E-state index contributed by atoms with van der Waals surface area (Å²) in [5.41, 5.74) is 0.161. The van der Waals surface area contributed by atoms with E-state index in [2.05, 4.69) is 10.2 Å². The molecular formula is C25H32ClN3O4S. The first kappa shape index (κ1) is 25.0. The van der Waals surface area contributed by atoms with Crippen LogP contribution in [0.1, 0.15) is 31.2 Å². The fourth-order valence-corrected chi connectivity index (χ4v) is 6.88. The Kier molecular flexibility index (Phi) is 7.82. The van der Waals surface area contributed by atoms with Gasteiger partial charge in [-0.15, -0.1) is 0 Å². The largest absolute Gasteiger partial charge is 0.385 e. The van der Waals surface area contributed by atoms with Crippen molar-refractivity contribution in [1.82, 2.24) is 15.1 Å². The van der Waals surface area contributed by atoms with E-state index >= 15 is 0 Å². The molecule has 0 saturated carbocycles. The number of hydrogen-bond acceptors (Lipinski definition) is 5. The molecule has 0 spiro atoms. The van der Waals surface area contributed by atoms with Gasteiger partial charge in [0.1, 0.15) is 0 Å². The predicted molar refractivity (Wildman–Crippen MR) is 133 cm³/mol. The third-order valence-corrected chi connectivity index (χ3v) is 9.34. The molecule has 2 aromatic carbocycles. The molecule has 0 radical (unpaired) electrons. The van der Waals surface area contributed by atoms with Crippen LogP contribution in [0.15, 0.2) is 59.5 Å². The first-order valence-electron chi connectivity index (χ1n) is 11.8. The van der Waals surface area contributed by atoms with E-state index in [1.54, 1.807) is 23.1 Å². The highest BCUT2D eigenvalue weighted by atomic mass is 35.5. The van der Waals surface area contributed by atoms with Gasteiger partial charge in [0.15, 0.2) is 9.84 Å². The zero-order valence-corrected chi connectivity index (χ0v) is 20.8. The molecule has 2 aliphatic rings. The van der Waals surface area contributed by atoms with Crippen LogP contribution < -0.4 is 5.32 Å². The number of halogens is 1. The first-order valence-corrected chi connectivity index (χ1v) is 13.7. The Bertz CT molecular complexity index is 1090. The van der Waals surface area contributed by atoms with Gasteiger partial charge in [-0.1, -0.05) is 48.0 Å². The number of benzene rings is 2. The fourth-order valence-electron chi connectivity index (χ4n) is 4.83. The Hall–Kier alpha value is -2.13. The molecule has 2 amide bonds. The summed E-state index contributed by atoms with van der Waals surface area (Å²) in [6.07, 6.45) is 2.47. The van der Waals surface area contributed by atoms with Crippen molar-refractivity contribution in [1.29, 1.82) is 0 Å². The molecule has 2 heterocycles. The molecule has 0 bridgehead atoms. The minimum absolute atomic E-state index is 0.175. The molecule has 4 rings (SSSR count). The lowest BCUT2D eigenvalue weighted by molar-refractivity contribution is -0.0254. The fraction of sp³-hybridized carbons (Fsp3) is 0.480. The van der Waals surface area contributed by atoms with Crippen molar-refractivity contribution in [3.63, 3.8) is 0 Å². The lowest BCUT2D eigenvalue weighted by atomic mass is 9.84. The summed E-state index contributed by atoms with van der Waals surface area (Å²) in [5.74, 6) is 0. The summed E-state index contributed by atoms with van der Waals surface area (Å²) in [6.45, 7) is 3.39. The van der Waals surface area contributed by atoms with Gasteiger partial charge in [0.05, 0.1) is 15.7 Å². The first-order chi connectivity index (χ1) is 16.3. The van der Waals surface area contributed by atoms with E-state index in [0.29, 0.717) is 50.3 Å². The van der Waals surface area contributed by atoms with Gasteiger partial charge in [0.25, 0.3) is 0 Å². The van der Waals surface area contributed by atoms with E-state index in [1.165, 1.54) is 6.07 Å². The Morgan fingerprint density at radius 3 is 2.53 bits per heavy atom. The van der Waals surface area contributed by atoms with Crippen molar-refractivity contribution in [3.05, 3.63) is 65.2 Å². The van der Waals surface area contributed by atoms with Crippen LogP contribution in [-0.2, 0) is 15.4 Å². The lowest BCUT2D eigenvalue weighted by Crippen LogP contribution is -2.51. The number of aliphatic hydroxyl groups is 1. The maximum absolute atomic E-state index is 13.0. The number of amides is 2. The lowest BCUT2D eigenvalue weighted by Gasteiger charge is -2.38. The number of nitrogens with one attached hydrogen (secondary N) is 1. The second kappa shape index (κ2) is 10.6. The monoisotopic (exact) mass is 505 g/mol. The van der Waals surface area contributed by atoms with Crippen LogP contribution in [0.25, 0.3) is 0 Å². The Morgan fingerprint density at radius 1 is 1.09 bits per heavy atom. The molecule has 2 aromatic rings. The molecule has 2 N–H and O–H groups in total. The topological polar surface area (TPSA) is 90.0 Å². The van der Waals surface area contributed by atoms with Crippen molar-refractivity contribution in [2.24, 2.45) is 0 Å². The highest BCUT2D eigenvalue weighted by Gasteiger charge is 2.35. The number of sulfone groups is 1. The standard InChI is InChI=1S/C25H32ClN3O4S/c26-21-8-4-9-22(18-21)34(32,33)23-10-5-14-29(19-23)24(30)27-13-17-28-15-11-25(31,12-16-28)20-6-2-1-3-7-20/h1-4,6-9,18,23,31H,5,10-17,19H2,(H,27,30). The molecule has 0 aromatic heterocycles. The number of likely N-dealkylation sites (tertiary alicyclic amines) is 2. The second-order valence-electron chi connectivity index (χ2n) is 9.18. The highest BCUT2D eigenvalue weighted by Crippen LogP contribution is 2.32. The van der Waals surface area contributed by atoms with Crippen LogP contribution in [-0.4, -0.2) is 73.9 Å². The van der Waals surface area contributed by atoms with Crippen LogP contribution in [0.2, 0.25) is 5.02 Å². The predicted octanol–water partition coefficient (Wildman–Crippen LogP) is 3.27. The second-order valence-corrected chi connectivity index (χ2v) is 11.8. The minimum atomic E-state index is -3.56. The van der Waals surface area contributed by atoms with E-state index in [9.17, 15) is 18.3 Å². The van der Waals surface area contributed by atoms with Gasteiger partial charge in [0, 0.05) is 44.3 Å². The number of piperidine rings is 2. The van der Waals surface area contributed by atoms with Gasteiger partial charge in [-0.25, -0.2) is 13.2 Å². The number of urea groups is 1. The molecule has 1 unspecified atom stereocenters. The van der Waals surface area contributed by atoms with E-state index in [-0.39, 0.29) is 17.5 Å². The number of hydrogen-bond donors (Lipinski definition) is 2. The number of rotatable bonds is 6. The zero-order valence-electron chi connectivity index (χ0n) is 19.2. The number of nitrogens with zero attached hydrogens (tertiary/aromatic N) is 2. The summed E-state index contributed by atoms with van der Waals surface area (Å²) in [5, 5.41) is 13.7. The number of carbonyl (C=O) groups excluding carboxylic acids is 1. The van der Waals surface area contributed by atoms with Crippen LogP contribution in [0.4, 0.5) is 4.79 Å². The molecule has 34 heavy (non-hydrogen) atoms. The maximum atomic E-state index is 13.0. The van der Waals surface area contributed by atoms with Gasteiger partial charge in [-0.3, -0.25) is 0 Å². The van der Waals surface area contributed by atoms with Crippen molar-refractivity contribution in [2.75, 3.05) is 39.3 Å². The van der Waals surface area contributed by atoms with Crippen molar-refractivity contribution in [2.45, 2.75) is 41.4 Å². The zero-order chi connectivity index (χ0) is 24.2. The third-order valence-electron chi connectivity index (χ3n) is 6.93. The van der Waals surface area contributed by atoms with E-state index in [1.807, 2.05) is 30.3 Å². The van der Waals surface area contributed by atoms with Crippen molar-refractivity contribution in [3.8, 4) is 0 Å². The average Bonchev–Trinajstić information content (AvgIpc) is 2.86. The quantitative estimate of drug-likeness (QED) is 0.629. The summed E-state index contributed by atoms with van der Waals surface area (Å²) in [6, 6.07) is 15.8. The van der Waals surface area contributed by atoms with E-state index in [0.717, 1.165) is 18.7 Å². The van der Waals surface area contributed by atoms with Crippen molar-refractivity contribution < 1.29 is 18.3 Å². The third kappa shape index (κ3) is 5.74. The molecule has 7 nitrogen and oxygen atoms in total. The normalized spacial score (nSPS) is 21.2. The Morgan fingerprint density at radius 2 is 1.82 bits per heavy atom. The molecule has 2 fully saturated rings. The summed E-state index contributed by atoms with van der Waals surface area (Å²) in [4.78, 5) is 16.8. The maximum Gasteiger partial charge on any atom is 0.317 e. The van der Waals surface area contributed by atoms with E-state index in [4.69, 9.17) is 11.6 Å². The number of carbonyl (C=O) groups is 1. The highest BCUT2D eigenvalue weighted by molar-refractivity contribution is 7.92. The van der Waals surface area contributed by atoms with Crippen LogP contribution in [0.3, 0.4) is 0 Å². The summed E-state index contributed by atoms with van der Waals surface area (Å²) < 4.78 is 26.1. The van der Waals surface area contributed by atoms with Crippen LogP contribution in [0.5, 0.6) is 0 Å². The average molecular weight is 506 g/mol. The van der Waals surface area contributed by atoms with Gasteiger partial charge in [0.2, 0.25) is 0 Å². The van der Waals surface area contributed by atoms with Crippen molar-refractivity contribution >= 4 is 27.5 Å².